The number of thioether (sulfide) groups is 2. The number of hydrogen-bond acceptors (Lipinski definition) is 6. The number of cyclic esters (lactones) is 2. The Morgan fingerprint density at radius 3 is 1.56 bits per heavy atom. The number of ether oxygens (including phenoxy) is 2. The van der Waals surface area contributed by atoms with Crippen molar-refractivity contribution in [3.05, 3.63) is 0 Å². The average molecular weight is 290 g/mol. The van der Waals surface area contributed by atoms with Gasteiger partial charge in [-0.15, -0.1) is 0 Å². The van der Waals surface area contributed by atoms with Gasteiger partial charge < -0.3 is 9.47 Å². The summed E-state index contributed by atoms with van der Waals surface area (Å²) in [5.41, 5.74) is 0. The predicted molar refractivity (Wildman–Crippen MR) is 72.8 cm³/mol. The highest BCUT2D eigenvalue weighted by molar-refractivity contribution is 8.02. The maximum absolute atomic E-state index is 10.9. The second kappa shape index (κ2) is 7.28. The minimum absolute atomic E-state index is 0.0302. The second-order valence-electron chi connectivity index (χ2n) is 4.46. The van der Waals surface area contributed by atoms with Crippen molar-refractivity contribution in [1.82, 2.24) is 0 Å². The first-order valence-corrected chi connectivity index (χ1v) is 8.57. The predicted octanol–water partition coefficient (Wildman–Crippen LogP) is 1.58. The van der Waals surface area contributed by atoms with E-state index in [9.17, 15) is 9.59 Å². The third kappa shape index (κ3) is 4.09. The number of carbonyl (C=O) groups is 2. The molecule has 18 heavy (non-hydrogen) atoms. The Labute approximate surface area is 116 Å². The van der Waals surface area contributed by atoms with Crippen LogP contribution in [-0.2, 0) is 19.1 Å². The molecule has 0 aromatic heterocycles. The van der Waals surface area contributed by atoms with Crippen LogP contribution in [0.4, 0.5) is 0 Å². The minimum Gasteiger partial charge on any atom is -0.464 e. The van der Waals surface area contributed by atoms with E-state index in [-0.39, 0.29) is 23.8 Å². The Bertz CT molecular complexity index is 278. The van der Waals surface area contributed by atoms with Gasteiger partial charge in [-0.2, -0.15) is 23.5 Å². The van der Waals surface area contributed by atoms with E-state index >= 15 is 0 Å². The minimum atomic E-state index is -0.0302. The quantitative estimate of drug-likeness (QED) is 0.475. The van der Waals surface area contributed by atoms with E-state index < -0.39 is 0 Å². The molecule has 0 radical (unpaired) electrons. The summed E-state index contributed by atoms with van der Waals surface area (Å²) in [5.74, 6) is 4.56. The summed E-state index contributed by atoms with van der Waals surface area (Å²) < 4.78 is 9.42. The number of hydrogen-bond donors (Lipinski definition) is 0. The van der Waals surface area contributed by atoms with Crippen LogP contribution in [0.1, 0.15) is 12.8 Å². The van der Waals surface area contributed by atoms with E-state index in [1.807, 2.05) is 23.5 Å². The molecule has 6 heteroatoms. The lowest BCUT2D eigenvalue weighted by Gasteiger charge is -2.24. The lowest BCUT2D eigenvalue weighted by Crippen LogP contribution is -2.34. The average Bonchev–Trinajstić information content (AvgIpc) is 2.37. The van der Waals surface area contributed by atoms with Gasteiger partial charge in [-0.25, -0.2) is 0 Å². The van der Waals surface area contributed by atoms with Crippen molar-refractivity contribution in [2.75, 3.05) is 36.2 Å². The summed E-state index contributed by atoms with van der Waals surface area (Å²) >= 11 is 3.78. The number of rotatable bonds is 9. The largest absolute Gasteiger partial charge is 0.464 e. The van der Waals surface area contributed by atoms with Crippen LogP contribution in [0.25, 0.3) is 0 Å². The monoisotopic (exact) mass is 290 g/mol. The van der Waals surface area contributed by atoms with E-state index in [4.69, 9.17) is 9.47 Å². The summed E-state index contributed by atoms with van der Waals surface area (Å²) in [5, 5.41) is 0. The molecule has 0 aromatic rings. The lowest BCUT2D eigenvalue weighted by molar-refractivity contribution is -0.169. The molecule has 2 aliphatic heterocycles. The van der Waals surface area contributed by atoms with Gasteiger partial charge in [0.05, 0.1) is 11.8 Å². The van der Waals surface area contributed by atoms with Crippen molar-refractivity contribution in [2.45, 2.75) is 12.8 Å². The topological polar surface area (TPSA) is 52.6 Å². The van der Waals surface area contributed by atoms with E-state index in [1.165, 1.54) is 0 Å². The smallest absolute Gasteiger partial charge is 0.312 e. The zero-order valence-corrected chi connectivity index (χ0v) is 11.9. The first-order valence-electron chi connectivity index (χ1n) is 6.26. The van der Waals surface area contributed by atoms with Crippen molar-refractivity contribution >= 4 is 35.5 Å². The normalized spacial score (nSPS) is 26.0. The van der Waals surface area contributed by atoms with Crippen LogP contribution in [0.5, 0.6) is 0 Å². The van der Waals surface area contributed by atoms with Crippen molar-refractivity contribution in [3.8, 4) is 0 Å². The molecule has 2 rings (SSSR count). The molecule has 102 valence electrons. The highest BCUT2D eigenvalue weighted by Crippen LogP contribution is 2.21. The van der Waals surface area contributed by atoms with Gasteiger partial charge in [0.2, 0.25) is 0 Å². The third-order valence-corrected chi connectivity index (χ3v) is 5.41. The van der Waals surface area contributed by atoms with Gasteiger partial charge in [-0.3, -0.25) is 9.59 Å². The SMILES string of the molecule is O=C1OCC1CCSCCSCCC1COC1=O. The highest BCUT2D eigenvalue weighted by Gasteiger charge is 2.30. The van der Waals surface area contributed by atoms with Gasteiger partial charge >= 0.3 is 11.9 Å². The summed E-state index contributed by atoms with van der Waals surface area (Å²) in [6.07, 6.45) is 1.89. The molecule has 2 fully saturated rings. The van der Waals surface area contributed by atoms with Gasteiger partial charge in [0.15, 0.2) is 0 Å². The zero-order valence-electron chi connectivity index (χ0n) is 10.3. The lowest BCUT2D eigenvalue weighted by atomic mass is 10.1. The first kappa shape index (κ1) is 14.1. The molecule has 2 heterocycles. The van der Waals surface area contributed by atoms with Gasteiger partial charge in [-0.05, 0) is 24.3 Å². The molecule has 2 atom stereocenters. The molecule has 0 N–H and O–H groups in total. The van der Waals surface area contributed by atoms with E-state index in [0.717, 1.165) is 35.9 Å². The Balaban J connectivity index is 1.33. The molecular formula is C12H18O4S2. The van der Waals surface area contributed by atoms with Crippen LogP contribution in [0.3, 0.4) is 0 Å². The molecule has 2 aliphatic rings. The summed E-state index contributed by atoms with van der Waals surface area (Å²) in [7, 11) is 0. The Kier molecular flexibility index (Phi) is 5.69. The fraction of sp³-hybridized carbons (Fsp3) is 0.833. The highest BCUT2D eigenvalue weighted by atomic mass is 32.2. The van der Waals surface area contributed by atoms with Gasteiger partial charge in [0.1, 0.15) is 13.2 Å². The van der Waals surface area contributed by atoms with Crippen molar-refractivity contribution in [1.29, 1.82) is 0 Å². The standard InChI is InChI=1S/C12H18O4S2/c13-11-9(7-15-11)1-3-17-5-6-18-4-2-10-8-16-12(10)14/h9-10H,1-8H2. The molecule has 0 aliphatic carbocycles. The summed E-state index contributed by atoms with van der Waals surface area (Å²) in [4.78, 5) is 21.8. The molecule has 0 aromatic carbocycles. The fourth-order valence-corrected chi connectivity index (χ4v) is 3.97. The summed E-state index contributed by atoms with van der Waals surface area (Å²) in [6, 6.07) is 0. The maximum atomic E-state index is 10.9. The second-order valence-corrected chi connectivity index (χ2v) is 6.91. The number of carbonyl (C=O) groups excluding carboxylic acids is 2. The zero-order chi connectivity index (χ0) is 12.8. The fourth-order valence-electron chi connectivity index (χ4n) is 1.71. The van der Waals surface area contributed by atoms with Crippen LogP contribution < -0.4 is 0 Å². The van der Waals surface area contributed by atoms with E-state index in [2.05, 4.69) is 0 Å². The van der Waals surface area contributed by atoms with Crippen LogP contribution in [0.2, 0.25) is 0 Å². The maximum Gasteiger partial charge on any atom is 0.312 e. The molecule has 2 unspecified atom stereocenters. The van der Waals surface area contributed by atoms with Crippen molar-refractivity contribution < 1.29 is 19.1 Å². The molecule has 0 amide bonds. The first-order chi connectivity index (χ1) is 8.77. The van der Waals surface area contributed by atoms with Crippen LogP contribution in [0, 0.1) is 11.8 Å². The molecule has 0 bridgehead atoms. The molecule has 0 spiro atoms. The van der Waals surface area contributed by atoms with E-state index in [1.54, 1.807) is 0 Å². The molecule has 0 saturated carbocycles. The van der Waals surface area contributed by atoms with Crippen LogP contribution in [0.15, 0.2) is 0 Å². The Morgan fingerprint density at radius 2 is 1.28 bits per heavy atom. The summed E-state index contributed by atoms with van der Waals surface area (Å²) in [6.45, 7) is 1.23. The van der Waals surface area contributed by atoms with Gasteiger partial charge in [0, 0.05) is 11.5 Å². The molecule has 4 nitrogen and oxygen atoms in total. The van der Waals surface area contributed by atoms with Gasteiger partial charge in [0.25, 0.3) is 0 Å². The van der Waals surface area contributed by atoms with Crippen LogP contribution in [-0.4, -0.2) is 48.2 Å². The Hall–Kier alpha value is -0.360. The molecule has 2 saturated heterocycles. The number of esters is 2. The van der Waals surface area contributed by atoms with Crippen molar-refractivity contribution in [2.24, 2.45) is 11.8 Å². The molecular weight excluding hydrogens is 272 g/mol. The van der Waals surface area contributed by atoms with E-state index in [0.29, 0.717) is 13.2 Å². The van der Waals surface area contributed by atoms with Crippen molar-refractivity contribution in [3.63, 3.8) is 0 Å². The Morgan fingerprint density at radius 1 is 0.833 bits per heavy atom. The third-order valence-electron chi connectivity index (χ3n) is 3.11. The van der Waals surface area contributed by atoms with Crippen LogP contribution >= 0.6 is 23.5 Å². The van der Waals surface area contributed by atoms with Gasteiger partial charge in [-0.1, -0.05) is 0 Å².